The second kappa shape index (κ2) is 16.0. The lowest BCUT2D eigenvalue weighted by molar-refractivity contribution is -0.137. The van der Waals surface area contributed by atoms with Crippen molar-refractivity contribution in [1.82, 2.24) is 19.4 Å². The van der Waals surface area contributed by atoms with E-state index in [-0.39, 0.29) is 26.3 Å². The Morgan fingerprint density at radius 3 is 1.82 bits per heavy atom. The van der Waals surface area contributed by atoms with Crippen molar-refractivity contribution in [2.45, 2.75) is 22.9 Å². The van der Waals surface area contributed by atoms with Crippen LogP contribution in [0.3, 0.4) is 0 Å². The standard InChI is InChI=1S/C13H11ClF3N3O2S.C7H10N2O2S.C6H5ClIN/c1-18-23(21,22)11-5-3-2-4-9(11)20-10-6-12(14)19-7-8(10)13(15,16)17;1-9-12(10,11)7-5-3-2-4-6(7)8;1-4-3-9-6(7)2-5(4)8/h2-7,18H,1H3,(H,19,20);2-5,9H,8H2,1H3;2-3H,1H3. The average molecular weight is 805 g/mol. The van der Waals surface area contributed by atoms with E-state index in [0.717, 1.165) is 9.64 Å². The lowest BCUT2D eigenvalue weighted by Gasteiger charge is -2.16. The fourth-order valence-electron chi connectivity index (χ4n) is 3.13. The Morgan fingerprint density at radius 2 is 1.30 bits per heavy atom. The summed E-state index contributed by atoms with van der Waals surface area (Å²) in [4.78, 5) is 7.24. The zero-order valence-corrected chi connectivity index (χ0v) is 28.4. The van der Waals surface area contributed by atoms with Crippen LogP contribution in [0.15, 0.2) is 82.8 Å². The van der Waals surface area contributed by atoms with E-state index in [1.807, 2.05) is 13.0 Å². The van der Waals surface area contributed by atoms with Crippen molar-refractivity contribution >= 4 is 82.9 Å². The highest BCUT2D eigenvalue weighted by atomic mass is 127. The van der Waals surface area contributed by atoms with Crippen molar-refractivity contribution in [3.05, 3.63) is 98.1 Å². The largest absolute Gasteiger partial charge is 0.419 e. The Morgan fingerprint density at radius 1 is 0.795 bits per heavy atom. The van der Waals surface area contributed by atoms with Gasteiger partial charge in [0.15, 0.2) is 0 Å². The maximum absolute atomic E-state index is 13.0. The Kier molecular flexibility index (Phi) is 13.6. The van der Waals surface area contributed by atoms with Gasteiger partial charge in [0.1, 0.15) is 20.1 Å². The van der Waals surface area contributed by atoms with Crippen LogP contribution in [0.5, 0.6) is 0 Å². The third kappa shape index (κ3) is 10.7. The zero-order valence-electron chi connectivity index (χ0n) is 23.1. The van der Waals surface area contributed by atoms with Crippen LogP contribution >= 0.6 is 45.8 Å². The molecule has 0 spiro atoms. The van der Waals surface area contributed by atoms with E-state index in [0.29, 0.717) is 11.3 Å². The Hall–Kier alpha value is -2.74. The first-order valence-electron chi connectivity index (χ1n) is 12.0. The number of pyridine rings is 2. The van der Waals surface area contributed by atoms with Gasteiger partial charge in [-0.05, 0) is 85.6 Å². The van der Waals surface area contributed by atoms with Crippen LogP contribution in [0.1, 0.15) is 11.1 Å². The summed E-state index contributed by atoms with van der Waals surface area (Å²) in [5.41, 5.74) is 5.42. The molecule has 0 saturated heterocycles. The van der Waals surface area contributed by atoms with Crippen LogP contribution in [-0.2, 0) is 26.2 Å². The minimum atomic E-state index is -4.67. The normalized spacial score (nSPS) is 11.5. The minimum Gasteiger partial charge on any atom is -0.398 e. The number of nitrogen functional groups attached to an aromatic ring is 1. The van der Waals surface area contributed by atoms with Crippen LogP contribution in [-0.4, -0.2) is 40.9 Å². The molecule has 5 N–H and O–H groups in total. The van der Waals surface area contributed by atoms with E-state index in [9.17, 15) is 30.0 Å². The monoisotopic (exact) mass is 804 g/mol. The Balaban J connectivity index is 0.000000266. The van der Waals surface area contributed by atoms with Gasteiger partial charge >= 0.3 is 6.18 Å². The third-order valence-corrected chi connectivity index (χ3v) is 9.91. The molecule has 0 saturated carbocycles. The number of nitrogens with one attached hydrogen (secondary N) is 3. The van der Waals surface area contributed by atoms with Crippen molar-refractivity contribution in [3.8, 4) is 0 Å². The first-order valence-corrected chi connectivity index (χ1v) is 16.8. The number of aromatic nitrogens is 2. The SMILES string of the molecule is CNS(=O)(=O)c1ccccc1N.CNS(=O)(=O)c1ccccc1Nc1cc(Cl)ncc1C(F)(F)F.Cc1cnc(Cl)cc1I. The molecule has 0 aliphatic heterocycles. The number of nitrogens with zero attached hydrogens (tertiary/aromatic N) is 2. The van der Waals surface area contributed by atoms with Crippen molar-refractivity contribution in [2.24, 2.45) is 0 Å². The van der Waals surface area contributed by atoms with Crippen molar-refractivity contribution in [2.75, 3.05) is 25.1 Å². The quantitative estimate of drug-likeness (QED) is 0.102. The molecule has 44 heavy (non-hydrogen) atoms. The van der Waals surface area contributed by atoms with Gasteiger partial charge in [0.05, 0.1) is 22.6 Å². The van der Waals surface area contributed by atoms with E-state index in [1.165, 1.54) is 50.0 Å². The summed E-state index contributed by atoms with van der Waals surface area (Å²) in [6.07, 6.45) is -2.32. The molecule has 2 aromatic carbocycles. The molecule has 10 nitrogen and oxygen atoms in total. The first kappa shape index (κ1) is 37.4. The van der Waals surface area contributed by atoms with Gasteiger partial charge in [-0.2, -0.15) is 13.2 Å². The molecule has 0 atom stereocenters. The van der Waals surface area contributed by atoms with E-state index in [2.05, 4.69) is 47.3 Å². The molecule has 0 radical (unpaired) electrons. The predicted octanol–water partition coefficient (Wildman–Crippen LogP) is 6.23. The molecule has 0 aliphatic rings. The molecule has 0 fully saturated rings. The number of anilines is 3. The fourth-order valence-corrected chi connectivity index (χ4v) is 5.81. The average Bonchev–Trinajstić information content (AvgIpc) is 2.95. The van der Waals surface area contributed by atoms with Gasteiger partial charge in [-0.15, -0.1) is 0 Å². The number of hydrogen-bond acceptors (Lipinski definition) is 8. The highest BCUT2D eigenvalue weighted by Crippen LogP contribution is 2.37. The molecule has 2 heterocycles. The molecule has 0 bridgehead atoms. The van der Waals surface area contributed by atoms with Gasteiger partial charge in [-0.25, -0.2) is 36.2 Å². The topological polar surface area (TPSA) is 156 Å². The van der Waals surface area contributed by atoms with Gasteiger partial charge in [0.25, 0.3) is 0 Å². The summed E-state index contributed by atoms with van der Waals surface area (Å²) in [6.45, 7) is 2.01. The number of benzene rings is 2. The summed E-state index contributed by atoms with van der Waals surface area (Å²) < 4.78 is 90.9. The van der Waals surface area contributed by atoms with E-state index in [4.69, 9.17) is 28.9 Å². The van der Waals surface area contributed by atoms with Crippen LogP contribution < -0.4 is 20.5 Å². The van der Waals surface area contributed by atoms with Crippen molar-refractivity contribution in [3.63, 3.8) is 0 Å². The Labute approximate surface area is 276 Å². The van der Waals surface area contributed by atoms with Crippen molar-refractivity contribution < 1.29 is 30.0 Å². The van der Waals surface area contributed by atoms with Gasteiger partial charge in [0, 0.05) is 16.0 Å². The highest BCUT2D eigenvalue weighted by molar-refractivity contribution is 14.1. The number of halogens is 6. The molecular weight excluding hydrogens is 779 g/mol. The summed E-state index contributed by atoms with van der Waals surface area (Å²) in [5.74, 6) is 0. The molecule has 18 heteroatoms. The zero-order chi connectivity index (χ0) is 33.3. The summed E-state index contributed by atoms with van der Waals surface area (Å²) >= 11 is 13.5. The van der Waals surface area contributed by atoms with Gasteiger partial charge in [-0.1, -0.05) is 47.5 Å². The van der Waals surface area contributed by atoms with Crippen LogP contribution in [0, 0.1) is 10.5 Å². The van der Waals surface area contributed by atoms with Gasteiger partial charge in [-0.3, -0.25) is 0 Å². The predicted molar refractivity (Wildman–Crippen MR) is 174 cm³/mol. The Bertz CT molecular complexity index is 1820. The van der Waals surface area contributed by atoms with Crippen molar-refractivity contribution in [1.29, 1.82) is 0 Å². The number of hydrogen-bond donors (Lipinski definition) is 4. The number of rotatable bonds is 6. The second-order valence-corrected chi connectivity index (χ2v) is 14.0. The first-order chi connectivity index (χ1) is 20.4. The molecule has 4 rings (SSSR count). The fraction of sp³-hybridized carbons (Fsp3) is 0.154. The van der Waals surface area contributed by atoms with E-state index in [1.54, 1.807) is 24.4 Å². The van der Waals surface area contributed by atoms with Gasteiger partial charge < -0.3 is 11.1 Å². The van der Waals surface area contributed by atoms with Gasteiger partial charge in [0.2, 0.25) is 20.0 Å². The summed E-state index contributed by atoms with van der Waals surface area (Å²) in [5, 5.41) is 2.87. The van der Waals surface area contributed by atoms with E-state index < -0.39 is 37.5 Å². The summed E-state index contributed by atoms with van der Waals surface area (Å²) in [7, 11) is -4.70. The molecular formula is C26H26Cl2F3IN6O4S2. The number of para-hydroxylation sites is 2. The lowest BCUT2D eigenvalue weighted by Crippen LogP contribution is -2.20. The maximum Gasteiger partial charge on any atom is 0.419 e. The molecule has 0 amide bonds. The second-order valence-electron chi connectivity index (χ2n) is 8.38. The van der Waals surface area contributed by atoms with Crippen LogP contribution in [0.2, 0.25) is 10.3 Å². The highest BCUT2D eigenvalue weighted by Gasteiger charge is 2.34. The summed E-state index contributed by atoms with van der Waals surface area (Å²) in [6, 6.07) is 14.7. The minimum absolute atomic E-state index is 0.0189. The lowest BCUT2D eigenvalue weighted by atomic mass is 10.2. The number of alkyl halides is 3. The molecule has 0 aliphatic carbocycles. The smallest absolute Gasteiger partial charge is 0.398 e. The van der Waals surface area contributed by atoms with E-state index >= 15 is 0 Å². The maximum atomic E-state index is 13.0. The third-order valence-electron chi connectivity index (χ3n) is 5.37. The molecule has 238 valence electrons. The number of nitrogens with two attached hydrogens (primary N) is 1. The molecule has 2 aromatic heterocycles. The number of sulfonamides is 2. The van der Waals surface area contributed by atoms with Crippen LogP contribution in [0.25, 0.3) is 0 Å². The van der Waals surface area contributed by atoms with Crippen LogP contribution in [0.4, 0.5) is 30.2 Å². The molecule has 4 aromatic rings. The number of aryl methyl sites for hydroxylation is 1. The molecule has 0 unspecified atom stereocenters.